The van der Waals surface area contributed by atoms with Gasteiger partial charge in [-0.3, -0.25) is 0 Å². The lowest BCUT2D eigenvalue weighted by atomic mass is 10.2. The highest BCUT2D eigenvalue weighted by atomic mass is 19.1. The van der Waals surface area contributed by atoms with Gasteiger partial charge in [-0.2, -0.15) is 5.10 Å². The Morgan fingerprint density at radius 1 is 1.28 bits per heavy atom. The summed E-state index contributed by atoms with van der Waals surface area (Å²) in [4.78, 5) is 4.22. The molecule has 5 heteroatoms. The van der Waals surface area contributed by atoms with Crippen molar-refractivity contribution in [1.29, 1.82) is 0 Å². The fourth-order valence-corrected chi connectivity index (χ4v) is 1.89. The third kappa shape index (κ3) is 2.73. The summed E-state index contributed by atoms with van der Waals surface area (Å²) in [5, 5.41) is 7.44. The number of nitrogens with zero attached hydrogens (tertiary/aromatic N) is 3. The van der Waals surface area contributed by atoms with E-state index < -0.39 is 0 Å². The number of benzene rings is 1. The van der Waals surface area contributed by atoms with Gasteiger partial charge in [0.1, 0.15) is 17.5 Å². The molecule has 1 N–H and O–H groups in total. The molecule has 0 aliphatic carbocycles. The number of aromatic nitrogens is 3. The Morgan fingerprint density at radius 3 is 2.67 bits per heavy atom. The highest BCUT2D eigenvalue weighted by Crippen LogP contribution is 2.14. The zero-order valence-electron chi connectivity index (χ0n) is 10.9. The Hall–Kier alpha value is -1.75. The molecule has 0 bridgehead atoms. The monoisotopic (exact) mass is 248 g/mol. The van der Waals surface area contributed by atoms with Gasteiger partial charge in [-0.15, -0.1) is 0 Å². The summed E-state index contributed by atoms with van der Waals surface area (Å²) in [5.74, 6) is 1.19. The van der Waals surface area contributed by atoms with Crippen LogP contribution in [0, 0.1) is 19.7 Å². The van der Waals surface area contributed by atoms with Gasteiger partial charge < -0.3 is 5.32 Å². The standard InChI is InChI=1S/C13H17FN4/c1-4-15-8-11-5-12(14)7-13(6-11)18-10(3)16-9(2)17-18/h5-7,15H,4,8H2,1-3H3. The molecule has 0 aliphatic heterocycles. The highest BCUT2D eigenvalue weighted by molar-refractivity contribution is 5.36. The summed E-state index contributed by atoms with van der Waals surface area (Å²) < 4.78 is 15.3. The van der Waals surface area contributed by atoms with Gasteiger partial charge in [0.15, 0.2) is 0 Å². The van der Waals surface area contributed by atoms with E-state index in [1.54, 1.807) is 4.68 Å². The average Bonchev–Trinajstić information content (AvgIpc) is 2.65. The minimum atomic E-state index is -0.257. The largest absolute Gasteiger partial charge is 0.313 e. The van der Waals surface area contributed by atoms with E-state index in [0.29, 0.717) is 18.1 Å². The quantitative estimate of drug-likeness (QED) is 0.901. The van der Waals surface area contributed by atoms with Crippen LogP contribution in [0.3, 0.4) is 0 Å². The van der Waals surface area contributed by atoms with Crippen molar-refractivity contribution < 1.29 is 4.39 Å². The van der Waals surface area contributed by atoms with E-state index in [1.807, 2.05) is 26.8 Å². The second kappa shape index (κ2) is 5.27. The van der Waals surface area contributed by atoms with Gasteiger partial charge in [0.2, 0.25) is 0 Å². The first-order valence-electron chi connectivity index (χ1n) is 6.01. The van der Waals surface area contributed by atoms with Crippen molar-refractivity contribution in [2.24, 2.45) is 0 Å². The number of aryl methyl sites for hydroxylation is 2. The van der Waals surface area contributed by atoms with Gasteiger partial charge in [-0.25, -0.2) is 14.1 Å². The predicted molar refractivity (Wildman–Crippen MR) is 68.2 cm³/mol. The zero-order chi connectivity index (χ0) is 13.1. The van der Waals surface area contributed by atoms with E-state index in [-0.39, 0.29) is 5.82 Å². The zero-order valence-corrected chi connectivity index (χ0v) is 10.9. The molecule has 0 amide bonds. The molecule has 0 unspecified atom stereocenters. The molecule has 4 nitrogen and oxygen atoms in total. The molecule has 0 saturated heterocycles. The molecule has 0 saturated carbocycles. The highest BCUT2D eigenvalue weighted by Gasteiger charge is 2.07. The molecule has 1 aromatic heterocycles. The van der Waals surface area contributed by atoms with Crippen molar-refractivity contribution in [2.45, 2.75) is 27.3 Å². The van der Waals surface area contributed by atoms with E-state index in [2.05, 4.69) is 15.4 Å². The molecule has 0 aliphatic rings. The van der Waals surface area contributed by atoms with Gasteiger partial charge >= 0.3 is 0 Å². The van der Waals surface area contributed by atoms with Crippen LogP contribution in [0.2, 0.25) is 0 Å². The SMILES string of the molecule is CCNCc1cc(F)cc(-n2nc(C)nc2C)c1. The van der Waals surface area contributed by atoms with Crippen LogP contribution in [0.25, 0.3) is 5.69 Å². The van der Waals surface area contributed by atoms with Crippen molar-refractivity contribution in [1.82, 2.24) is 20.1 Å². The van der Waals surface area contributed by atoms with Crippen molar-refractivity contribution in [2.75, 3.05) is 6.54 Å². The van der Waals surface area contributed by atoms with E-state index in [0.717, 1.165) is 17.9 Å². The molecule has 1 heterocycles. The minimum absolute atomic E-state index is 0.257. The fourth-order valence-electron chi connectivity index (χ4n) is 1.89. The van der Waals surface area contributed by atoms with Crippen LogP contribution in [-0.4, -0.2) is 21.3 Å². The normalized spacial score (nSPS) is 10.9. The van der Waals surface area contributed by atoms with Crippen LogP contribution in [0.4, 0.5) is 4.39 Å². The van der Waals surface area contributed by atoms with Gasteiger partial charge in [-0.1, -0.05) is 6.92 Å². The van der Waals surface area contributed by atoms with Crippen molar-refractivity contribution in [3.8, 4) is 5.69 Å². The number of halogens is 1. The summed E-state index contributed by atoms with van der Waals surface area (Å²) in [7, 11) is 0. The second-order valence-electron chi connectivity index (χ2n) is 4.22. The molecule has 2 rings (SSSR count). The predicted octanol–water partition coefficient (Wildman–Crippen LogP) is 2.13. The maximum absolute atomic E-state index is 13.6. The van der Waals surface area contributed by atoms with Crippen LogP contribution >= 0.6 is 0 Å². The van der Waals surface area contributed by atoms with E-state index in [1.165, 1.54) is 12.1 Å². The summed E-state index contributed by atoms with van der Waals surface area (Å²) >= 11 is 0. The maximum atomic E-state index is 13.6. The number of hydrogen-bond donors (Lipinski definition) is 1. The van der Waals surface area contributed by atoms with Crippen LogP contribution in [-0.2, 0) is 6.54 Å². The topological polar surface area (TPSA) is 42.7 Å². The smallest absolute Gasteiger partial charge is 0.148 e. The van der Waals surface area contributed by atoms with Crippen molar-refractivity contribution in [3.05, 3.63) is 41.2 Å². The molecule has 96 valence electrons. The van der Waals surface area contributed by atoms with Crippen LogP contribution in [0.1, 0.15) is 24.1 Å². The van der Waals surface area contributed by atoms with Gasteiger partial charge in [0.25, 0.3) is 0 Å². The summed E-state index contributed by atoms with van der Waals surface area (Å²) in [5.41, 5.74) is 1.61. The Bertz CT molecular complexity index is 548. The number of nitrogens with one attached hydrogen (secondary N) is 1. The lowest BCUT2D eigenvalue weighted by molar-refractivity contribution is 0.618. The third-order valence-electron chi connectivity index (χ3n) is 2.64. The Labute approximate surface area is 106 Å². The molecule has 2 aromatic rings. The summed E-state index contributed by atoms with van der Waals surface area (Å²) in [6.07, 6.45) is 0. The van der Waals surface area contributed by atoms with E-state index in [9.17, 15) is 4.39 Å². The van der Waals surface area contributed by atoms with Crippen LogP contribution in [0.5, 0.6) is 0 Å². The third-order valence-corrected chi connectivity index (χ3v) is 2.64. The molecule has 1 aromatic carbocycles. The summed E-state index contributed by atoms with van der Waals surface area (Å²) in [6, 6.07) is 4.93. The lowest BCUT2D eigenvalue weighted by Crippen LogP contribution is -2.12. The molecule has 0 atom stereocenters. The number of rotatable bonds is 4. The van der Waals surface area contributed by atoms with Crippen molar-refractivity contribution >= 4 is 0 Å². The van der Waals surface area contributed by atoms with Crippen LogP contribution < -0.4 is 5.32 Å². The van der Waals surface area contributed by atoms with Crippen molar-refractivity contribution in [3.63, 3.8) is 0 Å². The van der Waals surface area contributed by atoms with Gasteiger partial charge in [0.05, 0.1) is 5.69 Å². The first-order valence-corrected chi connectivity index (χ1v) is 6.01. The Morgan fingerprint density at radius 2 is 2.06 bits per heavy atom. The first-order chi connectivity index (χ1) is 8.60. The van der Waals surface area contributed by atoms with Gasteiger partial charge in [-0.05, 0) is 44.2 Å². The summed E-state index contributed by atoms with van der Waals surface area (Å²) in [6.45, 7) is 7.20. The van der Waals surface area contributed by atoms with Crippen LogP contribution in [0.15, 0.2) is 18.2 Å². The molecule has 0 spiro atoms. The second-order valence-corrected chi connectivity index (χ2v) is 4.22. The average molecular weight is 248 g/mol. The minimum Gasteiger partial charge on any atom is -0.313 e. The van der Waals surface area contributed by atoms with E-state index >= 15 is 0 Å². The van der Waals surface area contributed by atoms with E-state index in [4.69, 9.17) is 0 Å². The maximum Gasteiger partial charge on any atom is 0.148 e. The first kappa shape index (κ1) is 12.7. The Kier molecular flexibility index (Phi) is 3.72. The molecular weight excluding hydrogens is 231 g/mol. The molecule has 0 fully saturated rings. The lowest BCUT2D eigenvalue weighted by Gasteiger charge is -2.07. The number of hydrogen-bond acceptors (Lipinski definition) is 3. The molecule has 0 radical (unpaired) electrons. The fraction of sp³-hybridized carbons (Fsp3) is 0.385. The van der Waals surface area contributed by atoms with Gasteiger partial charge in [0, 0.05) is 6.54 Å². The molecular formula is C13H17FN4. The Balaban J connectivity index is 2.38. The molecule has 18 heavy (non-hydrogen) atoms.